The molecule has 0 saturated heterocycles. The molecule has 140 valence electrons. The van der Waals surface area contributed by atoms with Crippen LogP contribution in [-0.2, 0) is 21.4 Å². The van der Waals surface area contributed by atoms with Gasteiger partial charge in [-0.3, -0.25) is 9.10 Å². The SMILES string of the molecule is CC(C(=O)NCc1cccc2ccccc12)N(c1ccccc1)S(C)(=O)=O. The van der Waals surface area contributed by atoms with Crippen molar-refractivity contribution < 1.29 is 13.2 Å². The summed E-state index contributed by atoms with van der Waals surface area (Å²) in [7, 11) is -3.61. The average molecular weight is 382 g/mol. The van der Waals surface area contributed by atoms with Gasteiger partial charge in [-0.05, 0) is 35.4 Å². The van der Waals surface area contributed by atoms with E-state index in [0.29, 0.717) is 12.2 Å². The molecule has 6 heteroatoms. The van der Waals surface area contributed by atoms with Crippen LogP contribution in [0.3, 0.4) is 0 Å². The van der Waals surface area contributed by atoms with Crippen LogP contribution in [0.1, 0.15) is 12.5 Å². The maximum atomic E-state index is 12.7. The van der Waals surface area contributed by atoms with Crippen LogP contribution in [-0.4, -0.2) is 26.6 Å². The first-order valence-electron chi connectivity index (χ1n) is 8.67. The summed E-state index contributed by atoms with van der Waals surface area (Å²) < 4.78 is 25.7. The number of hydrogen-bond donors (Lipinski definition) is 1. The number of amides is 1. The second-order valence-corrected chi connectivity index (χ2v) is 8.29. The number of para-hydroxylation sites is 1. The van der Waals surface area contributed by atoms with Gasteiger partial charge in [-0.15, -0.1) is 0 Å². The van der Waals surface area contributed by atoms with Crippen LogP contribution in [0, 0.1) is 0 Å². The number of carbonyl (C=O) groups excluding carboxylic acids is 1. The predicted molar refractivity (Wildman–Crippen MR) is 109 cm³/mol. The molecule has 0 aliphatic carbocycles. The molecule has 1 N–H and O–H groups in total. The number of nitrogens with one attached hydrogen (secondary N) is 1. The van der Waals surface area contributed by atoms with E-state index >= 15 is 0 Å². The summed E-state index contributed by atoms with van der Waals surface area (Å²) in [6, 6.07) is 21.6. The lowest BCUT2D eigenvalue weighted by atomic mass is 10.0. The van der Waals surface area contributed by atoms with E-state index in [9.17, 15) is 13.2 Å². The van der Waals surface area contributed by atoms with Crippen molar-refractivity contribution in [3.8, 4) is 0 Å². The molecule has 5 nitrogen and oxygen atoms in total. The first-order chi connectivity index (χ1) is 12.9. The van der Waals surface area contributed by atoms with Crippen molar-refractivity contribution in [2.24, 2.45) is 0 Å². The Labute approximate surface area is 159 Å². The molecule has 0 aromatic heterocycles. The maximum absolute atomic E-state index is 12.7. The fourth-order valence-corrected chi connectivity index (χ4v) is 4.34. The Balaban J connectivity index is 1.80. The first kappa shape index (κ1) is 18.9. The fraction of sp³-hybridized carbons (Fsp3) is 0.190. The van der Waals surface area contributed by atoms with Crippen molar-refractivity contribution in [2.75, 3.05) is 10.6 Å². The van der Waals surface area contributed by atoms with E-state index in [1.807, 2.05) is 42.5 Å². The Bertz CT molecular complexity index is 1040. The zero-order chi connectivity index (χ0) is 19.4. The van der Waals surface area contributed by atoms with Gasteiger partial charge in [-0.2, -0.15) is 0 Å². The van der Waals surface area contributed by atoms with Gasteiger partial charge in [0.15, 0.2) is 0 Å². The van der Waals surface area contributed by atoms with Crippen LogP contribution in [0.15, 0.2) is 72.8 Å². The summed E-state index contributed by atoms with van der Waals surface area (Å²) in [5.41, 5.74) is 1.45. The van der Waals surface area contributed by atoms with Gasteiger partial charge in [0.25, 0.3) is 0 Å². The number of fused-ring (bicyclic) bond motifs is 1. The zero-order valence-electron chi connectivity index (χ0n) is 15.3. The zero-order valence-corrected chi connectivity index (χ0v) is 16.1. The molecule has 3 aromatic carbocycles. The molecule has 1 atom stereocenters. The highest BCUT2D eigenvalue weighted by atomic mass is 32.2. The molecule has 0 bridgehead atoms. The number of benzene rings is 3. The van der Waals surface area contributed by atoms with Crippen LogP contribution in [0.25, 0.3) is 10.8 Å². The Morgan fingerprint density at radius 2 is 1.59 bits per heavy atom. The second-order valence-electron chi connectivity index (χ2n) is 6.43. The third kappa shape index (κ3) is 4.28. The van der Waals surface area contributed by atoms with E-state index in [-0.39, 0.29) is 5.91 Å². The van der Waals surface area contributed by atoms with E-state index < -0.39 is 16.1 Å². The minimum Gasteiger partial charge on any atom is -0.350 e. The van der Waals surface area contributed by atoms with E-state index in [1.165, 1.54) is 0 Å². The van der Waals surface area contributed by atoms with Crippen molar-refractivity contribution in [2.45, 2.75) is 19.5 Å². The summed E-state index contributed by atoms with van der Waals surface area (Å²) in [5, 5.41) is 5.03. The van der Waals surface area contributed by atoms with Crippen LogP contribution in [0.4, 0.5) is 5.69 Å². The van der Waals surface area contributed by atoms with E-state index in [2.05, 4.69) is 5.32 Å². The molecule has 1 unspecified atom stereocenters. The lowest BCUT2D eigenvalue weighted by Gasteiger charge is -2.28. The average Bonchev–Trinajstić information content (AvgIpc) is 2.66. The Hall–Kier alpha value is -2.86. The van der Waals surface area contributed by atoms with Gasteiger partial charge < -0.3 is 5.32 Å². The molecule has 1 amide bonds. The standard InChI is InChI=1S/C21H22N2O3S/c1-16(23(27(2,25)26)19-12-4-3-5-13-19)21(24)22-15-18-11-8-10-17-9-6-7-14-20(17)18/h3-14,16H,15H2,1-2H3,(H,22,24). The van der Waals surface area contributed by atoms with Crippen LogP contribution < -0.4 is 9.62 Å². The van der Waals surface area contributed by atoms with Gasteiger partial charge in [-0.1, -0.05) is 60.7 Å². The molecular weight excluding hydrogens is 360 g/mol. The van der Waals surface area contributed by atoms with E-state index in [4.69, 9.17) is 0 Å². The van der Waals surface area contributed by atoms with Crippen LogP contribution in [0.5, 0.6) is 0 Å². The summed E-state index contributed by atoms with van der Waals surface area (Å²) in [6.45, 7) is 1.92. The predicted octanol–water partition coefficient (Wildman–Crippen LogP) is 3.31. The topological polar surface area (TPSA) is 66.5 Å². The molecule has 0 fully saturated rings. The molecule has 0 heterocycles. The summed E-state index contributed by atoms with van der Waals surface area (Å²) >= 11 is 0. The minimum atomic E-state index is -3.61. The molecule has 3 rings (SSSR count). The fourth-order valence-electron chi connectivity index (χ4n) is 3.16. The molecule has 0 spiro atoms. The molecule has 0 radical (unpaired) electrons. The summed E-state index contributed by atoms with van der Waals surface area (Å²) in [5.74, 6) is -0.350. The molecule has 0 saturated carbocycles. The Morgan fingerprint density at radius 1 is 0.963 bits per heavy atom. The smallest absolute Gasteiger partial charge is 0.243 e. The Kier molecular flexibility index (Phi) is 5.46. The van der Waals surface area contributed by atoms with E-state index in [1.54, 1.807) is 37.3 Å². The highest BCUT2D eigenvalue weighted by Crippen LogP contribution is 2.21. The highest BCUT2D eigenvalue weighted by Gasteiger charge is 2.28. The van der Waals surface area contributed by atoms with Crippen molar-refractivity contribution >= 4 is 32.4 Å². The van der Waals surface area contributed by atoms with Crippen molar-refractivity contribution in [3.63, 3.8) is 0 Å². The molecule has 27 heavy (non-hydrogen) atoms. The van der Waals surface area contributed by atoms with Gasteiger partial charge in [0.05, 0.1) is 11.9 Å². The van der Waals surface area contributed by atoms with Gasteiger partial charge in [0, 0.05) is 6.54 Å². The third-order valence-electron chi connectivity index (χ3n) is 4.43. The van der Waals surface area contributed by atoms with Gasteiger partial charge in [0.1, 0.15) is 6.04 Å². The monoisotopic (exact) mass is 382 g/mol. The summed E-state index contributed by atoms with van der Waals surface area (Å²) in [4.78, 5) is 12.7. The number of hydrogen-bond acceptors (Lipinski definition) is 3. The maximum Gasteiger partial charge on any atom is 0.243 e. The molecule has 3 aromatic rings. The first-order valence-corrected chi connectivity index (χ1v) is 10.5. The summed E-state index contributed by atoms with van der Waals surface area (Å²) in [6.07, 6.45) is 1.11. The minimum absolute atomic E-state index is 0.330. The highest BCUT2D eigenvalue weighted by molar-refractivity contribution is 7.92. The normalized spacial score (nSPS) is 12.5. The number of nitrogens with zero attached hydrogens (tertiary/aromatic N) is 1. The van der Waals surface area contributed by atoms with Crippen molar-refractivity contribution in [3.05, 3.63) is 78.4 Å². The largest absolute Gasteiger partial charge is 0.350 e. The number of sulfonamides is 1. The lowest BCUT2D eigenvalue weighted by molar-refractivity contribution is -0.122. The number of carbonyl (C=O) groups is 1. The number of anilines is 1. The van der Waals surface area contributed by atoms with Gasteiger partial charge in [-0.25, -0.2) is 8.42 Å². The van der Waals surface area contributed by atoms with Crippen LogP contribution in [0.2, 0.25) is 0 Å². The quantitative estimate of drug-likeness (QED) is 0.711. The van der Waals surface area contributed by atoms with Crippen molar-refractivity contribution in [1.82, 2.24) is 5.32 Å². The van der Waals surface area contributed by atoms with Crippen LogP contribution >= 0.6 is 0 Å². The van der Waals surface area contributed by atoms with E-state index in [0.717, 1.165) is 26.9 Å². The molecular formula is C21H22N2O3S. The number of rotatable bonds is 6. The van der Waals surface area contributed by atoms with Gasteiger partial charge >= 0.3 is 0 Å². The lowest BCUT2D eigenvalue weighted by Crippen LogP contribution is -2.47. The molecule has 0 aliphatic rings. The third-order valence-corrected chi connectivity index (χ3v) is 5.67. The molecule has 0 aliphatic heterocycles. The van der Waals surface area contributed by atoms with Crippen molar-refractivity contribution in [1.29, 1.82) is 0 Å². The van der Waals surface area contributed by atoms with Gasteiger partial charge in [0.2, 0.25) is 15.9 Å². The second kappa shape index (κ2) is 7.80. The Morgan fingerprint density at radius 3 is 2.30 bits per heavy atom.